The number of amides is 5. The smallest absolute Gasteiger partial charge is 0.408 e. The average molecular weight is 674 g/mol. The van der Waals surface area contributed by atoms with Gasteiger partial charge >= 0.3 is 6.09 Å². The van der Waals surface area contributed by atoms with Crippen molar-refractivity contribution in [3.05, 3.63) is 35.9 Å². The lowest BCUT2D eigenvalue weighted by Crippen LogP contribution is -2.57. The summed E-state index contributed by atoms with van der Waals surface area (Å²) in [6.45, 7) is 15.1. The number of aliphatic hydroxyl groups excluding tert-OH is 1. The van der Waals surface area contributed by atoms with Crippen molar-refractivity contribution in [3.63, 3.8) is 0 Å². The van der Waals surface area contributed by atoms with E-state index in [0.29, 0.717) is 25.2 Å². The normalized spacial score (nSPS) is 18.8. The molecule has 1 aromatic carbocycles. The zero-order chi connectivity index (χ0) is 36.0. The number of unbranched alkanes of at least 4 members (excludes halogenated alkanes) is 1. The minimum atomic E-state index is -1.20. The Morgan fingerprint density at radius 1 is 0.958 bits per heavy atom. The van der Waals surface area contributed by atoms with Crippen LogP contribution in [0.4, 0.5) is 4.79 Å². The van der Waals surface area contributed by atoms with Crippen LogP contribution in [0.3, 0.4) is 0 Å². The highest BCUT2D eigenvalue weighted by Gasteiger charge is 2.35. The van der Waals surface area contributed by atoms with Crippen LogP contribution in [0.5, 0.6) is 0 Å². The summed E-state index contributed by atoms with van der Waals surface area (Å²) in [5.41, 5.74) is 0.0427. The maximum Gasteiger partial charge on any atom is 0.408 e. The quantitative estimate of drug-likeness (QED) is 0.138. The van der Waals surface area contributed by atoms with Crippen molar-refractivity contribution >= 4 is 29.7 Å². The zero-order valence-corrected chi connectivity index (χ0v) is 30.1. The Hall–Kier alpha value is -3.67. The second-order valence-electron chi connectivity index (χ2n) is 14.8. The van der Waals surface area contributed by atoms with Crippen LogP contribution in [0.2, 0.25) is 0 Å². The van der Waals surface area contributed by atoms with Gasteiger partial charge in [0.1, 0.15) is 17.7 Å². The number of nitrogens with one attached hydrogen (secondary N) is 5. The molecule has 0 unspecified atom stereocenters. The molecule has 1 aliphatic rings. The van der Waals surface area contributed by atoms with Crippen LogP contribution in [0, 0.1) is 11.8 Å². The maximum atomic E-state index is 13.7. The fraction of sp³-hybridized carbons (Fsp3) is 0.694. The van der Waals surface area contributed by atoms with E-state index < -0.39 is 53.6 Å². The molecule has 1 saturated heterocycles. The standard InChI is InChI=1S/C36H59N5O7/c1-9-10-16-25(39-34(46)29(19-24-14-12-11-13-15-24)41-35(47)48-36(6,7)8)33(45)40-28(18-23(4)5)30(42)21-32(44)38-27-20-31(43)37-26(27)17-22(2)3/h11-15,22-23,25-30,42H,9-10,16-21H2,1-8H3,(H,37,43)(H,38,44)(H,39,46)(H,40,45)(H,41,47)/t25-,26-,27-,28-,29-,30-/m0/s1. The molecule has 1 heterocycles. The zero-order valence-electron chi connectivity index (χ0n) is 30.1. The first kappa shape index (κ1) is 40.5. The molecule has 12 heteroatoms. The molecule has 0 radical (unpaired) electrons. The number of carbonyl (C=O) groups is 5. The van der Waals surface area contributed by atoms with Gasteiger partial charge in [0.2, 0.25) is 23.6 Å². The van der Waals surface area contributed by atoms with Gasteiger partial charge in [-0.1, -0.05) is 77.8 Å². The lowest BCUT2D eigenvalue weighted by Gasteiger charge is -2.29. The number of hydrogen-bond donors (Lipinski definition) is 6. The number of carbonyl (C=O) groups excluding carboxylic acids is 5. The van der Waals surface area contributed by atoms with E-state index in [9.17, 15) is 29.1 Å². The first-order chi connectivity index (χ1) is 22.5. The minimum absolute atomic E-state index is 0.0806. The fourth-order valence-corrected chi connectivity index (χ4v) is 5.75. The molecule has 270 valence electrons. The third-order valence-electron chi connectivity index (χ3n) is 7.99. The lowest BCUT2D eigenvalue weighted by atomic mass is 9.95. The summed E-state index contributed by atoms with van der Waals surface area (Å²) in [5, 5.41) is 25.4. The lowest BCUT2D eigenvalue weighted by molar-refractivity contribution is -0.131. The maximum absolute atomic E-state index is 13.7. The van der Waals surface area contributed by atoms with Crippen molar-refractivity contribution < 1.29 is 33.8 Å². The van der Waals surface area contributed by atoms with Gasteiger partial charge in [0.05, 0.1) is 24.6 Å². The molecule has 5 amide bonds. The Morgan fingerprint density at radius 2 is 1.60 bits per heavy atom. The van der Waals surface area contributed by atoms with Gasteiger partial charge in [0, 0.05) is 18.9 Å². The van der Waals surface area contributed by atoms with E-state index in [2.05, 4.69) is 26.6 Å². The summed E-state index contributed by atoms with van der Waals surface area (Å²) >= 11 is 0. The van der Waals surface area contributed by atoms with Gasteiger partial charge in [-0.3, -0.25) is 19.2 Å². The van der Waals surface area contributed by atoms with Crippen LogP contribution in [0.15, 0.2) is 30.3 Å². The molecule has 1 aliphatic heterocycles. The molecule has 6 atom stereocenters. The highest BCUT2D eigenvalue weighted by atomic mass is 16.6. The number of alkyl carbamates (subject to hydrolysis) is 1. The largest absolute Gasteiger partial charge is 0.444 e. The van der Waals surface area contributed by atoms with Crippen molar-refractivity contribution in [3.8, 4) is 0 Å². The molecule has 0 spiro atoms. The van der Waals surface area contributed by atoms with E-state index in [-0.39, 0.29) is 43.2 Å². The molecule has 1 fully saturated rings. The first-order valence-electron chi connectivity index (χ1n) is 17.4. The Balaban J connectivity index is 2.17. The molecule has 0 aromatic heterocycles. The van der Waals surface area contributed by atoms with Crippen molar-refractivity contribution in [2.45, 2.75) is 149 Å². The fourth-order valence-electron chi connectivity index (χ4n) is 5.75. The third-order valence-corrected chi connectivity index (χ3v) is 7.99. The van der Waals surface area contributed by atoms with Crippen LogP contribution < -0.4 is 26.6 Å². The van der Waals surface area contributed by atoms with Crippen LogP contribution >= 0.6 is 0 Å². The Kier molecular flexibility index (Phi) is 16.3. The van der Waals surface area contributed by atoms with Gasteiger partial charge in [0.25, 0.3) is 0 Å². The van der Waals surface area contributed by atoms with Gasteiger partial charge in [-0.25, -0.2) is 4.79 Å². The number of rotatable bonds is 18. The highest BCUT2D eigenvalue weighted by Crippen LogP contribution is 2.18. The van der Waals surface area contributed by atoms with E-state index in [0.717, 1.165) is 18.4 Å². The average Bonchev–Trinajstić information content (AvgIpc) is 3.30. The van der Waals surface area contributed by atoms with Crippen LogP contribution in [0.25, 0.3) is 0 Å². The van der Waals surface area contributed by atoms with Gasteiger partial charge in [-0.15, -0.1) is 0 Å². The summed E-state index contributed by atoms with van der Waals surface area (Å²) < 4.78 is 5.40. The Morgan fingerprint density at radius 3 is 2.19 bits per heavy atom. The number of benzene rings is 1. The molecule has 0 bridgehead atoms. The van der Waals surface area contributed by atoms with Crippen molar-refractivity contribution in [2.75, 3.05) is 0 Å². The molecule has 0 aliphatic carbocycles. The molecule has 2 rings (SSSR count). The molecule has 12 nitrogen and oxygen atoms in total. The molecule has 1 aromatic rings. The SMILES string of the molecule is CCCC[C@H](NC(=O)[C@H](Cc1ccccc1)NC(=O)OC(C)(C)C)C(=O)N[C@@H](CC(C)C)[C@@H](O)CC(=O)N[C@H]1CC(=O)N[C@H]1CC(C)C. The van der Waals surface area contributed by atoms with E-state index in [1.54, 1.807) is 20.8 Å². The predicted octanol–water partition coefficient (Wildman–Crippen LogP) is 3.50. The summed E-state index contributed by atoms with van der Waals surface area (Å²) in [6.07, 6.45) is 1.01. The number of hydrogen-bond acceptors (Lipinski definition) is 7. The van der Waals surface area contributed by atoms with Gasteiger partial charge in [0.15, 0.2) is 0 Å². The van der Waals surface area contributed by atoms with Crippen LogP contribution in [-0.2, 0) is 30.3 Å². The molecule has 0 saturated carbocycles. The second-order valence-corrected chi connectivity index (χ2v) is 14.8. The van der Waals surface area contributed by atoms with Gasteiger partial charge < -0.3 is 36.4 Å². The van der Waals surface area contributed by atoms with Crippen LogP contribution in [-0.4, -0.2) is 76.7 Å². The molecular weight excluding hydrogens is 614 g/mol. The van der Waals surface area contributed by atoms with Gasteiger partial charge in [-0.2, -0.15) is 0 Å². The summed E-state index contributed by atoms with van der Waals surface area (Å²) in [4.78, 5) is 65.1. The van der Waals surface area contributed by atoms with E-state index in [1.165, 1.54) is 0 Å². The second kappa shape index (κ2) is 19.4. The van der Waals surface area contributed by atoms with Crippen LogP contribution in [0.1, 0.15) is 106 Å². The molecular formula is C36H59N5O7. The van der Waals surface area contributed by atoms with E-state index in [4.69, 9.17) is 4.74 Å². The monoisotopic (exact) mass is 673 g/mol. The summed E-state index contributed by atoms with van der Waals surface area (Å²) in [5.74, 6) is -1.15. The van der Waals surface area contributed by atoms with Crippen molar-refractivity contribution in [2.24, 2.45) is 11.8 Å². The minimum Gasteiger partial charge on any atom is -0.444 e. The van der Waals surface area contributed by atoms with E-state index >= 15 is 0 Å². The van der Waals surface area contributed by atoms with Crippen molar-refractivity contribution in [1.82, 2.24) is 26.6 Å². The first-order valence-corrected chi connectivity index (χ1v) is 17.4. The topological polar surface area (TPSA) is 175 Å². The summed E-state index contributed by atoms with van der Waals surface area (Å²) in [7, 11) is 0. The number of ether oxygens (including phenoxy) is 1. The Bertz CT molecular complexity index is 1200. The van der Waals surface area contributed by atoms with E-state index in [1.807, 2.05) is 65.0 Å². The third kappa shape index (κ3) is 15.0. The van der Waals surface area contributed by atoms with Crippen molar-refractivity contribution in [1.29, 1.82) is 0 Å². The molecule has 48 heavy (non-hydrogen) atoms. The Labute approximate surface area is 286 Å². The highest BCUT2D eigenvalue weighted by molar-refractivity contribution is 5.91. The number of aliphatic hydroxyl groups is 1. The predicted molar refractivity (Wildman–Crippen MR) is 185 cm³/mol. The van der Waals surface area contributed by atoms with Gasteiger partial charge in [-0.05, 0) is 57.4 Å². The molecule has 6 N–H and O–H groups in total. The summed E-state index contributed by atoms with van der Waals surface area (Å²) in [6, 6.07) is 5.94.